The average Bonchev–Trinajstić information content (AvgIpc) is 1.61. The van der Waals surface area contributed by atoms with E-state index in [2.05, 4.69) is 136 Å². The lowest BCUT2D eigenvalue weighted by Crippen LogP contribution is -2.13. The quantitative estimate of drug-likeness (QED) is 0.0222. The Hall–Kier alpha value is -6.15. The van der Waals surface area contributed by atoms with Crippen LogP contribution in [0, 0.1) is 11.8 Å². The molecule has 1 atom stereocenters. The van der Waals surface area contributed by atoms with Crippen molar-refractivity contribution in [1.82, 2.24) is 19.5 Å². The van der Waals surface area contributed by atoms with E-state index in [1.165, 1.54) is 161 Å². The van der Waals surface area contributed by atoms with Crippen molar-refractivity contribution in [2.75, 3.05) is 38.8 Å². The molecule has 3 aromatic carbocycles. The molecule has 2 aromatic heterocycles. The molecule has 0 saturated carbocycles. The molecule has 0 aliphatic rings. The molecule has 510 valence electrons. The number of unbranched alkanes of at least 4 members (excludes halogenated alkanes) is 32. The smallest absolute Gasteiger partial charge is 0.280 e. The van der Waals surface area contributed by atoms with Gasteiger partial charge in [-0.2, -0.15) is 4.98 Å². The number of anilines is 1. The lowest BCUT2D eigenvalue weighted by molar-refractivity contribution is 0.234. The van der Waals surface area contributed by atoms with E-state index >= 15 is 0 Å². The molecule has 0 unspecified atom stereocenters. The minimum absolute atomic E-state index is 0.0386. The first kappa shape index (κ1) is 76.6. The Bertz CT molecular complexity index is 2880. The van der Waals surface area contributed by atoms with Crippen LogP contribution in [0.1, 0.15) is 339 Å². The maximum atomic E-state index is 13.0. The van der Waals surface area contributed by atoms with Gasteiger partial charge in [0.25, 0.3) is 5.56 Å². The van der Waals surface area contributed by atoms with Gasteiger partial charge >= 0.3 is 0 Å². The summed E-state index contributed by atoms with van der Waals surface area (Å²) >= 11 is 0. The van der Waals surface area contributed by atoms with Gasteiger partial charge in [0.05, 0.1) is 33.0 Å². The Morgan fingerprint density at radius 1 is 0.435 bits per heavy atom. The van der Waals surface area contributed by atoms with Crippen molar-refractivity contribution in [3.8, 4) is 40.6 Å². The van der Waals surface area contributed by atoms with Crippen molar-refractivity contribution in [1.29, 1.82) is 0 Å². The monoisotopic (exact) mass is 1260 g/mol. The molecule has 0 bridgehead atoms. The molecule has 2 heterocycles. The highest BCUT2D eigenvalue weighted by Gasteiger charge is 2.20. The Kier molecular flexibility index (Phi) is 40.4. The van der Waals surface area contributed by atoms with Crippen LogP contribution in [0.3, 0.4) is 0 Å². The van der Waals surface area contributed by atoms with Crippen LogP contribution >= 0.6 is 0 Å². The molecule has 0 aliphatic carbocycles. The maximum absolute atomic E-state index is 13.0. The third-order valence-corrected chi connectivity index (χ3v) is 17.6. The maximum Gasteiger partial charge on any atom is 0.280 e. The number of ether oxygens (including phenoxy) is 5. The second-order valence-corrected chi connectivity index (χ2v) is 25.9. The molecule has 0 saturated heterocycles. The van der Waals surface area contributed by atoms with Crippen LogP contribution in [0.5, 0.6) is 28.7 Å². The van der Waals surface area contributed by atoms with Crippen LogP contribution in [0.2, 0.25) is 0 Å². The summed E-state index contributed by atoms with van der Waals surface area (Å²) in [6.07, 6.45) is 56.3. The largest absolute Gasteiger partial charge is 0.493 e. The summed E-state index contributed by atoms with van der Waals surface area (Å²) in [6, 6.07) is 16.8. The number of nitrogen functional groups attached to an aromatic ring is 1. The zero-order chi connectivity index (χ0) is 65.5. The molecule has 11 nitrogen and oxygen atoms in total. The average molecular weight is 1260 g/mol. The Morgan fingerprint density at radius 2 is 0.815 bits per heavy atom. The van der Waals surface area contributed by atoms with E-state index in [0.29, 0.717) is 44.5 Å². The molecular weight excluding hydrogens is 1140 g/mol. The van der Waals surface area contributed by atoms with Crippen molar-refractivity contribution in [2.45, 2.75) is 305 Å². The number of aromatic amines is 1. The predicted octanol–water partition coefficient (Wildman–Crippen LogP) is 23.2. The number of nitrogens with one attached hydrogen (secondary N) is 1. The van der Waals surface area contributed by atoms with Gasteiger partial charge in [0.1, 0.15) is 11.5 Å². The van der Waals surface area contributed by atoms with Gasteiger partial charge in [0, 0.05) is 22.7 Å². The van der Waals surface area contributed by atoms with Crippen molar-refractivity contribution >= 4 is 41.4 Å². The van der Waals surface area contributed by atoms with Gasteiger partial charge in [-0.15, -0.1) is 0 Å². The van der Waals surface area contributed by atoms with Crippen LogP contribution in [0.25, 0.3) is 35.5 Å². The van der Waals surface area contributed by atoms with Gasteiger partial charge in [0.2, 0.25) is 11.7 Å². The summed E-state index contributed by atoms with van der Waals surface area (Å²) in [5.41, 5.74) is 11.1. The first-order valence-corrected chi connectivity index (χ1v) is 37.5. The number of imidazole rings is 1. The number of hydrogen-bond donors (Lipinski definition) is 2. The van der Waals surface area contributed by atoms with Crippen LogP contribution in [0.15, 0.2) is 53.3 Å². The number of aromatic nitrogens is 4. The van der Waals surface area contributed by atoms with E-state index in [1.54, 1.807) is 0 Å². The second kappa shape index (κ2) is 48.5. The minimum Gasteiger partial charge on any atom is -0.493 e. The van der Waals surface area contributed by atoms with Gasteiger partial charge < -0.3 is 29.4 Å². The first-order chi connectivity index (χ1) is 45.2. The highest BCUT2D eigenvalue weighted by Crippen LogP contribution is 2.41. The number of nitrogens with zero attached hydrogens (tertiary/aromatic N) is 3. The van der Waals surface area contributed by atoms with Gasteiger partial charge in [0.15, 0.2) is 28.5 Å². The molecule has 0 fully saturated rings. The third-order valence-electron chi connectivity index (χ3n) is 17.6. The van der Waals surface area contributed by atoms with Crippen LogP contribution < -0.4 is 35.0 Å². The summed E-state index contributed by atoms with van der Waals surface area (Å²) < 4.78 is 35.7. The molecule has 0 spiro atoms. The molecule has 11 heteroatoms. The van der Waals surface area contributed by atoms with E-state index in [-0.39, 0.29) is 23.1 Å². The summed E-state index contributed by atoms with van der Waals surface area (Å²) in [7, 11) is 0. The molecule has 0 aliphatic heterocycles. The Labute approximate surface area is 558 Å². The second-order valence-electron chi connectivity index (χ2n) is 25.9. The number of hydrogen-bond acceptors (Lipinski definition) is 9. The molecule has 5 aromatic rings. The van der Waals surface area contributed by atoms with Gasteiger partial charge in [-0.25, -0.2) is 4.98 Å². The lowest BCUT2D eigenvalue weighted by Gasteiger charge is -2.19. The van der Waals surface area contributed by atoms with Gasteiger partial charge in [-0.05, 0) is 98.9 Å². The standard InChI is InChI=1S/C81H125N5O6/c1-8-14-20-24-27-30-33-36-39-43-59-90-74-62-69(63-75(91-60-44-40-37-34-31-28-25-21-15-9-2)78(74)92-61-45-41-38-35-32-29-26-22-16-10-3)52-55-71-65-72(88-57-18-12-5)70(64-73(71)89-58-19-13-6)54-51-67-47-49-68(50-48-67)53-56-76-83-77-79(84-81(82)85-80(77)87)86(76)66(7)46-42-23-17-11-4/h47-52,54-55,62-66H,8-46,57-61H2,1-7H3,(H3,82,84,85,87)/b54-51+,55-52+/t66-/m0/s1. The number of fused-ring (bicyclic) bond motifs is 1. The van der Waals surface area contributed by atoms with Crippen molar-refractivity contribution in [3.63, 3.8) is 0 Å². The van der Waals surface area contributed by atoms with E-state index in [9.17, 15) is 4.79 Å². The van der Waals surface area contributed by atoms with E-state index < -0.39 is 0 Å². The van der Waals surface area contributed by atoms with Crippen LogP contribution in [0.4, 0.5) is 5.95 Å². The van der Waals surface area contributed by atoms with Crippen LogP contribution in [-0.4, -0.2) is 52.6 Å². The Morgan fingerprint density at radius 3 is 1.26 bits per heavy atom. The zero-order valence-corrected chi connectivity index (χ0v) is 59.0. The number of benzene rings is 3. The van der Waals surface area contributed by atoms with Crippen molar-refractivity contribution < 1.29 is 23.7 Å². The lowest BCUT2D eigenvalue weighted by atomic mass is 10.0. The fourth-order valence-electron chi connectivity index (χ4n) is 11.8. The normalized spacial score (nSPS) is 11.9. The number of H-pyrrole nitrogens is 1. The summed E-state index contributed by atoms with van der Waals surface area (Å²) in [6.45, 7) is 18.7. The summed E-state index contributed by atoms with van der Waals surface area (Å²) in [4.78, 5) is 24.7. The van der Waals surface area contributed by atoms with E-state index in [4.69, 9.17) is 29.4 Å². The topological polar surface area (TPSA) is 136 Å². The molecule has 5 rings (SSSR count). The molecule has 3 N–H and O–H groups in total. The van der Waals surface area contributed by atoms with E-state index in [1.807, 2.05) is 16.7 Å². The van der Waals surface area contributed by atoms with E-state index in [0.717, 1.165) is 146 Å². The highest BCUT2D eigenvalue weighted by molar-refractivity contribution is 5.80. The SMILES string of the molecule is CCCCCCCCCCCCOc1cc(/C=C/c2cc(OCCCC)c(/C=C/c3ccc(C#Cc4nc5c(=O)[nH]c(N)nc5n4[C@@H](C)CCCCCC)cc3)cc2OCCCC)cc(OCCCCCCCCCCCC)c1OCCCCCCCCCCCC. The molecule has 0 radical (unpaired) electrons. The molecular formula is C81H125N5O6. The summed E-state index contributed by atoms with van der Waals surface area (Å²) in [5, 5.41) is 0. The third kappa shape index (κ3) is 30.3. The minimum atomic E-state index is -0.363. The Balaban J connectivity index is 1.42. The molecule has 92 heavy (non-hydrogen) atoms. The van der Waals surface area contributed by atoms with Gasteiger partial charge in [-0.3, -0.25) is 14.3 Å². The highest BCUT2D eigenvalue weighted by atomic mass is 16.5. The first-order valence-electron chi connectivity index (χ1n) is 37.5. The molecule has 0 amide bonds. The fraction of sp³-hybridized carbons (Fsp3) is 0.642. The van der Waals surface area contributed by atoms with Crippen molar-refractivity contribution in [2.24, 2.45) is 0 Å². The fourth-order valence-corrected chi connectivity index (χ4v) is 11.8. The number of rotatable bonds is 54. The zero-order valence-electron chi connectivity index (χ0n) is 59.0. The van der Waals surface area contributed by atoms with Gasteiger partial charge in [-0.1, -0.05) is 296 Å². The number of nitrogens with two attached hydrogens (primary N) is 1. The van der Waals surface area contributed by atoms with Crippen LogP contribution in [-0.2, 0) is 0 Å². The summed E-state index contributed by atoms with van der Waals surface area (Å²) in [5.74, 6) is 11.0. The predicted molar refractivity (Wildman–Crippen MR) is 392 cm³/mol. The van der Waals surface area contributed by atoms with Crippen molar-refractivity contribution in [3.05, 3.63) is 92.5 Å².